The molecule has 10 heavy (non-hydrogen) atoms. The zero-order chi connectivity index (χ0) is 7.23. The van der Waals surface area contributed by atoms with Gasteiger partial charge in [0.25, 0.3) is 0 Å². The Morgan fingerprint density at radius 3 is 3.10 bits per heavy atom. The maximum Gasteiger partial charge on any atom is 0.0621 e. The summed E-state index contributed by atoms with van der Waals surface area (Å²) >= 11 is 0. The average Bonchev–Trinajstić information content (AvgIpc) is 2.41. The van der Waals surface area contributed by atoms with Crippen LogP contribution in [0.4, 0.5) is 0 Å². The van der Waals surface area contributed by atoms with Crippen molar-refractivity contribution in [3.8, 4) is 0 Å². The van der Waals surface area contributed by atoms with E-state index in [2.05, 4.69) is 22.7 Å². The van der Waals surface area contributed by atoms with E-state index in [0.29, 0.717) is 0 Å². The van der Waals surface area contributed by atoms with Gasteiger partial charge in [-0.15, -0.1) is 0 Å². The Morgan fingerprint density at radius 1 is 1.60 bits per heavy atom. The van der Waals surface area contributed by atoms with Gasteiger partial charge in [-0.05, 0) is 6.42 Å². The van der Waals surface area contributed by atoms with E-state index in [1.165, 1.54) is 12.8 Å². The molecular formula is C7H17N3. The molecule has 0 aromatic carbocycles. The summed E-state index contributed by atoms with van der Waals surface area (Å²) in [6.45, 7) is 6.61. The lowest BCUT2D eigenvalue weighted by molar-refractivity contribution is 0.232. The SMILES string of the molecule is CCCCNN1CCNC1. The molecular weight excluding hydrogens is 126 g/mol. The Hall–Kier alpha value is -0.120. The zero-order valence-corrected chi connectivity index (χ0v) is 6.69. The third-order valence-electron chi connectivity index (χ3n) is 1.73. The summed E-state index contributed by atoms with van der Waals surface area (Å²) in [5.41, 5.74) is 3.35. The van der Waals surface area contributed by atoms with Crippen molar-refractivity contribution in [2.75, 3.05) is 26.3 Å². The predicted octanol–water partition coefficient (Wildman–Crippen LogP) is 0.154. The van der Waals surface area contributed by atoms with Crippen LogP contribution in [0.25, 0.3) is 0 Å². The minimum absolute atomic E-state index is 1.00. The lowest BCUT2D eigenvalue weighted by Crippen LogP contribution is -2.37. The van der Waals surface area contributed by atoms with Gasteiger partial charge in [0.05, 0.1) is 6.67 Å². The highest BCUT2D eigenvalue weighted by Crippen LogP contribution is 1.88. The average molecular weight is 143 g/mol. The third-order valence-corrected chi connectivity index (χ3v) is 1.73. The van der Waals surface area contributed by atoms with Crippen molar-refractivity contribution < 1.29 is 0 Å². The van der Waals surface area contributed by atoms with Crippen LogP contribution >= 0.6 is 0 Å². The molecule has 1 saturated heterocycles. The van der Waals surface area contributed by atoms with Crippen LogP contribution in [0.5, 0.6) is 0 Å². The van der Waals surface area contributed by atoms with E-state index >= 15 is 0 Å². The van der Waals surface area contributed by atoms with Crippen molar-refractivity contribution in [2.45, 2.75) is 19.8 Å². The van der Waals surface area contributed by atoms with E-state index in [4.69, 9.17) is 0 Å². The fraction of sp³-hybridized carbons (Fsp3) is 1.00. The topological polar surface area (TPSA) is 27.3 Å². The molecule has 0 atom stereocenters. The molecule has 0 aromatic rings. The standard InChI is InChI=1S/C7H17N3/c1-2-3-4-9-10-6-5-8-7-10/h8-9H,2-7H2,1H3. The van der Waals surface area contributed by atoms with E-state index in [1.54, 1.807) is 0 Å². The number of unbranched alkanes of at least 4 members (excludes halogenated alkanes) is 1. The van der Waals surface area contributed by atoms with Gasteiger partial charge in [-0.2, -0.15) is 0 Å². The number of nitrogens with zero attached hydrogens (tertiary/aromatic N) is 1. The van der Waals surface area contributed by atoms with E-state index in [-0.39, 0.29) is 0 Å². The Morgan fingerprint density at radius 2 is 2.50 bits per heavy atom. The highest BCUT2D eigenvalue weighted by atomic mass is 15.6. The van der Waals surface area contributed by atoms with Crippen LogP contribution in [0.3, 0.4) is 0 Å². The highest BCUT2D eigenvalue weighted by Gasteiger charge is 2.07. The molecule has 3 heteroatoms. The number of nitrogens with one attached hydrogen (secondary N) is 2. The van der Waals surface area contributed by atoms with Crippen LogP contribution in [0.15, 0.2) is 0 Å². The third kappa shape index (κ3) is 2.64. The van der Waals surface area contributed by atoms with Crippen LogP contribution in [-0.2, 0) is 0 Å². The Balaban J connectivity index is 1.91. The van der Waals surface area contributed by atoms with Crippen molar-refractivity contribution in [3.05, 3.63) is 0 Å². The molecule has 60 valence electrons. The monoisotopic (exact) mass is 143 g/mol. The van der Waals surface area contributed by atoms with E-state index < -0.39 is 0 Å². The van der Waals surface area contributed by atoms with Gasteiger partial charge in [-0.3, -0.25) is 5.43 Å². The smallest absolute Gasteiger partial charge is 0.0621 e. The Labute approximate surface area is 62.8 Å². The van der Waals surface area contributed by atoms with Gasteiger partial charge in [-0.1, -0.05) is 13.3 Å². The van der Waals surface area contributed by atoms with Gasteiger partial charge in [-0.25, -0.2) is 5.01 Å². The molecule has 1 aliphatic heterocycles. The predicted molar refractivity (Wildman–Crippen MR) is 42.5 cm³/mol. The fourth-order valence-corrected chi connectivity index (χ4v) is 1.06. The summed E-state index contributed by atoms with van der Waals surface area (Å²) in [5, 5.41) is 5.49. The molecule has 1 fully saturated rings. The summed E-state index contributed by atoms with van der Waals surface area (Å²) in [5.74, 6) is 0. The molecule has 0 saturated carbocycles. The number of rotatable bonds is 4. The Kier molecular flexibility index (Phi) is 3.72. The molecule has 0 aliphatic carbocycles. The first-order valence-corrected chi connectivity index (χ1v) is 4.12. The zero-order valence-electron chi connectivity index (χ0n) is 6.69. The second-order valence-electron chi connectivity index (χ2n) is 2.68. The molecule has 0 amide bonds. The van der Waals surface area contributed by atoms with Crippen LogP contribution in [0.2, 0.25) is 0 Å². The fourth-order valence-electron chi connectivity index (χ4n) is 1.06. The summed E-state index contributed by atoms with van der Waals surface area (Å²) in [6.07, 6.45) is 2.55. The molecule has 0 spiro atoms. The molecule has 3 nitrogen and oxygen atoms in total. The number of hydrogen-bond donors (Lipinski definition) is 2. The quantitative estimate of drug-likeness (QED) is 0.549. The molecule has 0 radical (unpaired) electrons. The van der Waals surface area contributed by atoms with Crippen LogP contribution < -0.4 is 10.7 Å². The van der Waals surface area contributed by atoms with Crippen molar-refractivity contribution in [1.29, 1.82) is 0 Å². The molecule has 0 bridgehead atoms. The molecule has 0 aromatic heterocycles. The maximum atomic E-state index is 3.35. The Bertz CT molecular complexity index is 78.9. The van der Waals surface area contributed by atoms with Crippen molar-refractivity contribution >= 4 is 0 Å². The number of hydrazine groups is 1. The van der Waals surface area contributed by atoms with Crippen molar-refractivity contribution in [1.82, 2.24) is 15.8 Å². The van der Waals surface area contributed by atoms with Crippen LogP contribution in [0.1, 0.15) is 19.8 Å². The van der Waals surface area contributed by atoms with E-state index in [9.17, 15) is 0 Å². The van der Waals surface area contributed by atoms with Gasteiger partial charge in [0.1, 0.15) is 0 Å². The lowest BCUT2D eigenvalue weighted by atomic mass is 10.3. The normalized spacial score (nSPS) is 20.1. The lowest BCUT2D eigenvalue weighted by Gasteiger charge is -2.14. The first-order valence-electron chi connectivity index (χ1n) is 4.12. The molecule has 1 rings (SSSR count). The first-order chi connectivity index (χ1) is 4.93. The molecule has 2 N–H and O–H groups in total. The van der Waals surface area contributed by atoms with E-state index in [1.807, 2.05) is 0 Å². The van der Waals surface area contributed by atoms with Gasteiger partial charge in [0.15, 0.2) is 0 Å². The molecule has 0 unspecified atom stereocenters. The highest BCUT2D eigenvalue weighted by molar-refractivity contribution is 4.60. The molecule has 1 aliphatic rings. The van der Waals surface area contributed by atoms with Crippen LogP contribution in [0, 0.1) is 0 Å². The van der Waals surface area contributed by atoms with Gasteiger partial charge >= 0.3 is 0 Å². The minimum atomic E-state index is 1.00. The van der Waals surface area contributed by atoms with Gasteiger partial charge < -0.3 is 5.32 Å². The summed E-state index contributed by atoms with van der Waals surface area (Å²) in [7, 11) is 0. The second kappa shape index (κ2) is 4.66. The first kappa shape index (κ1) is 7.98. The van der Waals surface area contributed by atoms with Gasteiger partial charge in [0, 0.05) is 19.6 Å². The second-order valence-corrected chi connectivity index (χ2v) is 2.68. The summed E-state index contributed by atoms with van der Waals surface area (Å²) in [6, 6.07) is 0. The number of hydrogen-bond acceptors (Lipinski definition) is 3. The van der Waals surface area contributed by atoms with Gasteiger partial charge in [0.2, 0.25) is 0 Å². The van der Waals surface area contributed by atoms with Crippen molar-refractivity contribution in [2.24, 2.45) is 0 Å². The molecule has 1 heterocycles. The maximum absolute atomic E-state index is 3.35. The minimum Gasteiger partial charge on any atom is -0.302 e. The largest absolute Gasteiger partial charge is 0.302 e. The summed E-state index contributed by atoms with van der Waals surface area (Å²) < 4.78 is 0. The van der Waals surface area contributed by atoms with Crippen LogP contribution in [-0.4, -0.2) is 31.3 Å². The van der Waals surface area contributed by atoms with E-state index in [0.717, 1.165) is 26.3 Å². The van der Waals surface area contributed by atoms with Crippen molar-refractivity contribution in [3.63, 3.8) is 0 Å². The summed E-state index contributed by atoms with van der Waals surface area (Å²) in [4.78, 5) is 0.